The third kappa shape index (κ3) is 2.42. The summed E-state index contributed by atoms with van der Waals surface area (Å²) < 4.78 is 24.2. The summed E-state index contributed by atoms with van der Waals surface area (Å²) in [6, 6.07) is 4.80. The Morgan fingerprint density at radius 3 is 3.05 bits per heavy atom. The van der Waals surface area contributed by atoms with Gasteiger partial charge in [0.1, 0.15) is 11.4 Å². The van der Waals surface area contributed by atoms with Gasteiger partial charge < -0.3 is 15.0 Å². The molecule has 1 unspecified atom stereocenters. The molecule has 1 saturated heterocycles. The van der Waals surface area contributed by atoms with E-state index in [1.807, 2.05) is 0 Å². The standard InChI is InChI=1S/C13H13ClFN3O2/c14-9-3-1-2-8(11(9)15)6-10-17-12(20-18-10)13(16)4-5-19-7-13/h1-3H,4-7,16H2. The maximum Gasteiger partial charge on any atom is 0.249 e. The minimum absolute atomic E-state index is 0.0747. The summed E-state index contributed by atoms with van der Waals surface area (Å²) in [5.74, 6) is 0.234. The number of benzene rings is 1. The normalized spacial score (nSPS) is 22.4. The Morgan fingerprint density at radius 1 is 1.45 bits per heavy atom. The topological polar surface area (TPSA) is 74.2 Å². The molecule has 3 rings (SSSR count). The van der Waals surface area contributed by atoms with E-state index in [0.717, 1.165) is 0 Å². The molecule has 1 aliphatic rings. The van der Waals surface area contributed by atoms with E-state index in [1.54, 1.807) is 12.1 Å². The summed E-state index contributed by atoms with van der Waals surface area (Å²) in [6.45, 7) is 0.914. The minimum Gasteiger partial charge on any atom is -0.379 e. The zero-order valence-corrected chi connectivity index (χ0v) is 11.4. The van der Waals surface area contributed by atoms with Crippen molar-refractivity contribution < 1.29 is 13.7 Å². The van der Waals surface area contributed by atoms with Crippen LogP contribution in [-0.2, 0) is 16.7 Å². The van der Waals surface area contributed by atoms with Crippen LogP contribution in [0.3, 0.4) is 0 Å². The lowest BCUT2D eigenvalue weighted by Gasteiger charge is -2.15. The molecule has 1 fully saturated rings. The van der Waals surface area contributed by atoms with Crippen molar-refractivity contribution in [3.8, 4) is 0 Å². The molecule has 2 N–H and O–H groups in total. The number of nitrogens with zero attached hydrogens (tertiary/aromatic N) is 2. The van der Waals surface area contributed by atoms with Crippen LogP contribution in [0.1, 0.15) is 23.7 Å². The lowest BCUT2D eigenvalue weighted by molar-refractivity contribution is 0.166. The molecule has 2 aromatic rings. The van der Waals surface area contributed by atoms with Gasteiger partial charge >= 0.3 is 0 Å². The van der Waals surface area contributed by atoms with Gasteiger partial charge in [-0.15, -0.1) is 0 Å². The van der Waals surface area contributed by atoms with Crippen LogP contribution in [0.25, 0.3) is 0 Å². The number of hydrogen-bond donors (Lipinski definition) is 1. The zero-order valence-electron chi connectivity index (χ0n) is 10.6. The maximum absolute atomic E-state index is 13.8. The minimum atomic E-state index is -0.738. The Hall–Kier alpha value is -1.50. The fraction of sp³-hybridized carbons (Fsp3) is 0.385. The first-order chi connectivity index (χ1) is 9.58. The molecule has 0 amide bonds. The first-order valence-electron chi connectivity index (χ1n) is 6.21. The van der Waals surface area contributed by atoms with E-state index in [1.165, 1.54) is 6.07 Å². The van der Waals surface area contributed by atoms with Crippen molar-refractivity contribution in [2.45, 2.75) is 18.4 Å². The molecular weight excluding hydrogens is 285 g/mol. The second kappa shape index (κ2) is 5.12. The van der Waals surface area contributed by atoms with Crippen molar-refractivity contribution in [3.63, 3.8) is 0 Å². The molecular formula is C13H13ClFN3O2. The van der Waals surface area contributed by atoms with E-state index in [-0.39, 0.29) is 11.4 Å². The Kier molecular flexibility index (Phi) is 3.45. The van der Waals surface area contributed by atoms with Gasteiger partial charge in [-0.2, -0.15) is 4.98 Å². The van der Waals surface area contributed by atoms with E-state index < -0.39 is 11.4 Å². The van der Waals surface area contributed by atoms with Gasteiger partial charge in [-0.3, -0.25) is 0 Å². The average Bonchev–Trinajstić information content (AvgIpc) is 3.05. The smallest absolute Gasteiger partial charge is 0.249 e. The lowest BCUT2D eigenvalue weighted by Crippen LogP contribution is -2.37. The van der Waals surface area contributed by atoms with Crippen LogP contribution in [0.15, 0.2) is 22.7 Å². The summed E-state index contributed by atoms with van der Waals surface area (Å²) >= 11 is 5.74. The molecule has 1 aliphatic heterocycles. The highest BCUT2D eigenvalue weighted by molar-refractivity contribution is 6.30. The number of aromatic nitrogens is 2. The number of halogens is 2. The molecule has 106 valence electrons. The van der Waals surface area contributed by atoms with Crippen LogP contribution >= 0.6 is 11.6 Å². The molecule has 5 nitrogen and oxygen atoms in total. The van der Waals surface area contributed by atoms with Crippen LogP contribution in [0.4, 0.5) is 4.39 Å². The fourth-order valence-corrected chi connectivity index (χ4v) is 2.33. The molecule has 0 radical (unpaired) electrons. The third-order valence-electron chi connectivity index (χ3n) is 3.33. The predicted octanol–water partition coefficient (Wildman–Crippen LogP) is 2.03. The van der Waals surface area contributed by atoms with Crippen molar-refractivity contribution in [1.29, 1.82) is 0 Å². The number of rotatable bonds is 3. The zero-order chi connectivity index (χ0) is 14.2. The highest BCUT2D eigenvalue weighted by Crippen LogP contribution is 2.27. The maximum atomic E-state index is 13.8. The quantitative estimate of drug-likeness (QED) is 0.938. The second-order valence-corrected chi connectivity index (χ2v) is 5.27. The van der Waals surface area contributed by atoms with Crippen molar-refractivity contribution in [1.82, 2.24) is 10.1 Å². The van der Waals surface area contributed by atoms with Crippen molar-refractivity contribution in [2.75, 3.05) is 13.2 Å². The van der Waals surface area contributed by atoms with Gasteiger partial charge in [0.15, 0.2) is 5.82 Å². The summed E-state index contributed by atoms with van der Waals surface area (Å²) in [5, 5.41) is 3.92. The lowest BCUT2D eigenvalue weighted by atomic mass is 10.0. The Balaban J connectivity index is 1.82. The van der Waals surface area contributed by atoms with Gasteiger partial charge in [-0.1, -0.05) is 28.9 Å². The monoisotopic (exact) mass is 297 g/mol. The van der Waals surface area contributed by atoms with Gasteiger partial charge in [-0.25, -0.2) is 4.39 Å². The van der Waals surface area contributed by atoms with Gasteiger partial charge in [0, 0.05) is 13.0 Å². The molecule has 2 heterocycles. The van der Waals surface area contributed by atoms with E-state index in [9.17, 15) is 4.39 Å². The predicted molar refractivity (Wildman–Crippen MR) is 69.8 cm³/mol. The SMILES string of the molecule is NC1(c2nc(Cc3cccc(Cl)c3F)no2)CCOC1. The average molecular weight is 298 g/mol. The van der Waals surface area contributed by atoms with Gasteiger partial charge in [-0.05, 0) is 18.1 Å². The van der Waals surface area contributed by atoms with E-state index >= 15 is 0 Å². The summed E-state index contributed by atoms with van der Waals surface area (Å²) in [6.07, 6.45) is 0.826. The van der Waals surface area contributed by atoms with Gasteiger partial charge in [0.05, 0.1) is 11.6 Å². The van der Waals surface area contributed by atoms with Crippen LogP contribution < -0.4 is 5.73 Å². The van der Waals surface area contributed by atoms with Crippen molar-refractivity contribution in [3.05, 3.63) is 46.3 Å². The van der Waals surface area contributed by atoms with E-state index in [2.05, 4.69) is 10.1 Å². The van der Waals surface area contributed by atoms with Crippen LogP contribution in [-0.4, -0.2) is 23.4 Å². The largest absolute Gasteiger partial charge is 0.379 e. The molecule has 1 aromatic heterocycles. The summed E-state index contributed by atoms with van der Waals surface area (Å²) in [7, 11) is 0. The Labute approximate surface area is 119 Å². The second-order valence-electron chi connectivity index (χ2n) is 4.86. The molecule has 7 heteroatoms. The first kappa shape index (κ1) is 13.5. The number of ether oxygens (including phenoxy) is 1. The van der Waals surface area contributed by atoms with Gasteiger partial charge in [0.25, 0.3) is 0 Å². The van der Waals surface area contributed by atoms with Crippen molar-refractivity contribution >= 4 is 11.6 Å². The number of hydrogen-bond acceptors (Lipinski definition) is 5. The molecule has 20 heavy (non-hydrogen) atoms. The first-order valence-corrected chi connectivity index (χ1v) is 6.59. The number of nitrogens with two attached hydrogens (primary N) is 1. The van der Waals surface area contributed by atoms with Crippen LogP contribution in [0.5, 0.6) is 0 Å². The summed E-state index contributed by atoms with van der Waals surface area (Å²) in [4.78, 5) is 4.24. The van der Waals surface area contributed by atoms with Crippen molar-refractivity contribution in [2.24, 2.45) is 5.73 Å². The molecule has 1 aromatic carbocycles. The van der Waals surface area contributed by atoms with E-state index in [4.69, 9.17) is 26.6 Å². The Morgan fingerprint density at radius 2 is 2.30 bits per heavy atom. The fourth-order valence-electron chi connectivity index (χ4n) is 2.13. The Bertz CT molecular complexity index is 626. The molecule has 0 spiro atoms. The molecule has 0 bridgehead atoms. The molecule has 0 saturated carbocycles. The summed E-state index contributed by atoms with van der Waals surface area (Å²) in [5.41, 5.74) is 5.80. The highest BCUT2D eigenvalue weighted by atomic mass is 35.5. The van der Waals surface area contributed by atoms with Crippen LogP contribution in [0, 0.1) is 5.82 Å². The van der Waals surface area contributed by atoms with E-state index in [0.29, 0.717) is 36.9 Å². The molecule has 0 aliphatic carbocycles. The third-order valence-corrected chi connectivity index (χ3v) is 3.62. The molecule has 1 atom stereocenters. The van der Waals surface area contributed by atoms with Gasteiger partial charge in [0.2, 0.25) is 5.89 Å². The van der Waals surface area contributed by atoms with Crippen LogP contribution in [0.2, 0.25) is 5.02 Å². The highest BCUT2D eigenvalue weighted by Gasteiger charge is 2.38.